The van der Waals surface area contributed by atoms with E-state index in [0.29, 0.717) is 5.76 Å². The van der Waals surface area contributed by atoms with Gasteiger partial charge in [-0.05, 0) is 6.92 Å². The van der Waals surface area contributed by atoms with E-state index in [0.717, 1.165) is 0 Å². The number of rotatable bonds is 2. The lowest BCUT2D eigenvalue weighted by atomic mass is 10.7. The van der Waals surface area contributed by atoms with Gasteiger partial charge in [0.25, 0.3) is 0 Å². The molecule has 0 rings (SSSR count). The van der Waals surface area contributed by atoms with Crippen LogP contribution in [-0.2, 0) is 16.3 Å². The minimum atomic E-state index is 0.122. The molecule has 0 spiro atoms. The summed E-state index contributed by atoms with van der Waals surface area (Å²) in [6.45, 7) is 5.24. The fourth-order valence-electron chi connectivity index (χ4n) is 0.0711. The molecule has 6 heavy (non-hydrogen) atoms. The van der Waals surface area contributed by atoms with Gasteiger partial charge in [0.15, 0.2) is 5.76 Å². The molecule has 0 aliphatic carbocycles. The summed E-state index contributed by atoms with van der Waals surface area (Å²) in [6.07, 6.45) is 0. The molecule has 0 aromatic heterocycles. The Morgan fingerprint density at radius 2 is 2.50 bits per heavy atom. The largest absolute Gasteiger partial charge is 0.373 e. The number of hydrogen-bond donors (Lipinski definition) is 0. The Kier molecular flexibility index (Phi) is 3.29. The molecule has 1 atom stereocenters. The molecule has 0 aliphatic heterocycles. The lowest BCUT2D eigenvalue weighted by molar-refractivity contribution is 0.502. The van der Waals surface area contributed by atoms with Crippen molar-refractivity contribution >= 4 is 19.4 Å². The van der Waals surface area contributed by atoms with Crippen LogP contribution in [0.25, 0.3) is 0 Å². The van der Waals surface area contributed by atoms with E-state index in [2.05, 4.69) is 22.9 Å². The molecule has 0 heterocycles. The van der Waals surface area contributed by atoms with Gasteiger partial charge in [-0.15, -0.1) is 0 Å². The van der Waals surface area contributed by atoms with Crippen molar-refractivity contribution in [1.29, 1.82) is 0 Å². The van der Waals surface area contributed by atoms with Gasteiger partial charge in [-0.25, -0.2) is 0 Å². The first kappa shape index (κ1) is 6.06. The SMILES string of the molecule is C=C(C)O[PH+]=S. The van der Waals surface area contributed by atoms with Gasteiger partial charge in [-0.3, -0.25) is 4.52 Å². The zero-order valence-electron chi connectivity index (χ0n) is 3.52. The standard InChI is InChI=1S/C3H5OPS/c1-3(2)4-5-6/h1H2,2H3/p+1. The van der Waals surface area contributed by atoms with Gasteiger partial charge in [-0.1, -0.05) is 6.58 Å². The Bertz CT molecular complexity index is 71.2. The summed E-state index contributed by atoms with van der Waals surface area (Å²) < 4.78 is 4.69. The zero-order valence-corrected chi connectivity index (χ0v) is 5.34. The lowest BCUT2D eigenvalue weighted by Gasteiger charge is -1.76. The van der Waals surface area contributed by atoms with E-state index in [1.165, 1.54) is 0 Å². The van der Waals surface area contributed by atoms with Crippen molar-refractivity contribution in [3.05, 3.63) is 12.3 Å². The molecule has 0 aromatic rings. The fourth-order valence-corrected chi connectivity index (χ4v) is 0.640. The second-order valence-electron chi connectivity index (χ2n) is 0.887. The molecule has 0 radical (unpaired) electrons. The first-order valence-electron chi connectivity index (χ1n) is 1.47. The van der Waals surface area contributed by atoms with E-state index in [1.54, 1.807) is 6.92 Å². The maximum absolute atomic E-state index is 4.69. The number of hydrogen-bond acceptors (Lipinski definition) is 2. The summed E-state index contributed by atoms with van der Waals surface area (Å²) in [6, 6.07) is 0. The van der Waals surface area contributed by atoms with E-state index in [1.807, 2.05) is 0 Å². The molecule has 0 saturated heterocycles. The van der Waals surface area contributed by atoms with Crippen molar-refractivity contribution in [2.45, 2.75) is 6.92 Å². The van der Waals surface area contributed by atoms with Crippen LogP contribution in [0.2, 0.25) is 0 Å². The molecule has 0 aliphatic rings. The highest BCUT2D eigenvalue weighted by atomic mass is 32.4. The van der Waals surface area contributed by atoms with Crippen molar-refractivity contribution in [3.8, 4) is 0 Å². The first-order chi connectivity index (χ1) is 2.77. The summed E-state index contributed by atoms with van der Waals surface area (Å²) in [5.41, 5.74) is 0. The minimum absolute atomic E-state index is 0.122. The zero-order chi connectivity index (χ0) is 4.99. The van der Waals surface area contributed by atoms with E-state index < -0.39 is 0 Å². The van der Waals surface area contributed by atoms with E-state index in [-0.39, 0.29) is 7.58 Å². The van der Waals surface area contributed by atoms with Crippen molar-refractivity contribution in [1.82, 2.24) is 0 Å². The maximum atomic E-state index is 4.69. The summed E-state index contributed by atoms with van der Waals surface area (Å²) in [5, 5.41) is 0. The first-order valence-corrected chi connectivity index (χ1v) is 3.51. The molecular weight excluding hydrogens is 115 g/mol. The Morgan fingerprint density at radius 3 is 2.50 bits per heavy atom. The minimum Gasteiger partial charge on any atom is -0.285 e. The van der Waals surface area contributed by atoms with Crippen molar-refractivity contribution in [3.63, 3.8) is 0 Å². The van der Waals surface area contributed by atoms with Crippen LogP contribution in [0.1, 0.15) is 6.92 Å². The van der Waals surface area contributed by atoms with Gasteiger partial charge in [0.05, 0.1) is 0 Å². The smallest absolute Gasteiger partial charge is 0.285 e. The Balaban J connectivity index is 3.05. The molecule has 1 unspecified atom stereocenters. The van der Waals surface area contributed by atoms with Crippen molar-refractivity contribution in [2.75, 3.05) is 0 Å². The average molecular weight is 121 g/mol. The van der Waals surface area contributed by atoms with Crippen LogP contribution in [0.3, 0.4) is 0 Å². The second kappa shape index (κ2) is 3.26. The van der Waals surface area contributed by atoms with Crippen LogP contribution < -0.4 is 0 Å². The van der Waals surface area contributed by atoms with E-state index in [4.69, 9.17) is 0 Å². The molecular formula is C3H6OPS+. The van der Waals surface area contributed by atoms with Crippen LogP contribution in [0.4, 0.5) is 0 Å². The predicted octanol–water partition coefficient (Wildman–Crippen LogP) is 1.59. The molecule has 0 saturated carbocycles. The summed E-state index contributed by atoms with van der Waals surface area (Å²) in [4.78, 5) is 0. The molecule has 0 aromatic carbocycles. The molecule has 0 bridgehead atoms. The molecule has 34 valence electrons. The maximum Gasteiger partial charge on any atom is 0.373 e. The second-order valence-corrected chi connectivity index (χ2v) is 1.76. The highest BCUT2D eigenvalue weighted by Gasteiger charge is 1.81. The van der Waals surface area contributed by atoms with Crippen LogP contribution in [0.15, 0.2) is 12.3 Å². The summed E-state index contributed by atoms with van der Waals surface area (Å²) in [7, 11) is 0.122. The lowest BCUT2D eigenvalue weighted by Crippen LogP contribution is -1.61. The monoisotopic (exact) mass is 121 g/mol. The third-order valence-corrected chi connectivity index (χ3v) is 0.898. The molecule has 0 N–H and O–H groups in total. The number of allylic oxidation sites excluding steroid dienone is 1. The summed E-state index contributed by atoms with van der Waals surface area (Å²) >= 11 is 4.47. The van der Waals surface area contributed by atoms with Crippen LogP contribution in [0, 0.1) is 0 Å². The quantitative estimate of drug-likeness (QED) is 0.405. The Morgan fingerprint density at radius 1 is 2.00 bits per heavy atom. The summed E-state index contributed by atoms with van der Waals surface area (Å²) in [5.74, 6) is 0.698. The van der Waals surface area contributed by atoms with E-state index in [9.17, 15) is 0 Å². The van der Waals surface area contributed by atoms with Gasteiger partial charge in [0.1, 0.15) is 0 Å². The van der Waals surface area contributed by atoms with Crippen LogP contribution >= 0.6 is 7.58 Å². The molecule has 0 fully saturated rings. The Hall–Kier alpha value is 0.0600. The third kappa shape index (κ3) is 4.06. The topological polar surface area (TPSA) is 9.23 Å². The highest BCUT2D eigenvalue weighted by Crippen LogP contribution is 2.01. The molecule has 3 heteroatoms. The molecule has 1 nitrogen and oxygen atoms in total. The van der Waals surface area contributed by atoms with Crippen molar-refractivity contribution in [2.24, 2.45) is 0 Å². The predicted molar refractivity (Wildman–Crippen MR) is 31.6 cm³/mol. The van der Waals surface area contributed by atoms with Gasteiger partial charge < -0.3 is 0 Å². The average Bonchev–Trinajstić information content (AvgIpc) is 1.35. The Labute approximate surface area is 43.9 Å². The molecule has 0 amide bonds. The normalized spacial score (nSPS) is 8.17. The highest BCUT2D eigenvalue weighted by molar-refractivity contribution is 7.94. The van der Waals surface area contributed by atoms with Gasteiger partial charge in [0, 0.05) is 0 Å². The van der Waals surface area contributed by atoms with E-state index >= 15 is 0 Å². The van der Waals surface area contributed by atoms with Gasteiger partial charge in [-0.2, -0.15) is 0 Å². The van der Waals surface area contributed by atoms with Gasteiger partial charge >= 0.3 is 7.58 Å². The van der Waals surface area contributed by atoms with Crippen LogP contribution in [-0.4, -0.2) is 0 Å². The van der Waals surface area contributed by atoms with Gasteiger partial charge in [0.2, 0.25) is 11.8 Å². The van der Waals surface area contributed by atoms with Crippen molar-refractivity contribution < 1.29 is 4.52 Å². The van der Waals surface area contributed by atoms with Crippen LogP contribution in [0.5, 0.6) is 0 Å². The third-order valence-electron chi connectivity index (χ3n) is 0.216. The fraction of sp³-hybridized carbons (Fsp3) is 0.333.